The fourth-order valence-electron chi connectivity index (χ4n) is 3.32. The number of aromatic nitrogens is 3. The summed E-state index contributed by atoms with van der Waals surface area (Å²) in [7, 11) is 0. The van der Waals surface area contributed by atoms with E-state index in [1.165, 1.54) is 18.5 Å². The molecule has 2 aromatic rings. The van der Waals surface area contributed by atoms with Gasteiger partial charge in [-0.05, 0) is 25.0 Å². The first-order valence-corrected chi connectivity index (χ1v) is 8.40. The minimum absolute atomic E-state index is 0.783. The Morgan fingerprint density at radius 2 is 1.43 bits per heavy atom. The topological polar surface area (TPSA) is 48.4 Å². The van der Waals surface area contributed by atoms with Crippen LogP contribution in [-0.2, 0) is 0 Å². The van der Waals surface area contributed by atoms with Crippen molar-refractivity contribution in [3.05, 3.63) is 36.5 Å². The Kier molecular flexibility index (Phi) is 3.96. The van der Waals surface area contributed by atoms with Crippen LogP contribution >= 0.6 is 0 Å². The molecule has 4 rings (SSSR count). The Balaban J connectivity index is 1.43. The van der Waals surface area contributed by atoms with Crippen molar-refractivity contribution in [1.29, 1.82) is 0 Å². The number of anilines is 3. The van der Waals surface area contributed by atoms with E-state index < -0.39 is 0 Å². The van der Waals surface area contributed by atoms with Crippen LogP contribution in [0.15, 0.2) is 36.5 Å². The first-order valence-electron chi connectivity index (χ1n) is 8.40. The summed E-state index contributed by atoms with van der Waals surface area (Å²) in [6.07, 6.45) is 4.24. The van der Waals surface area contributed by atoms with Gasteiger partial charge in [-0.25, -0.2) is 0 Å². The predicted octanol–water partition coefficient (Wildman–Crippen LogP) is 1.80. The number of nitrogens with zero attached hydrogens (tertiary/aromatic N) is 6. The van der Waals surface area contributed by atoms with Crippen molar-refractivity contribution in [2.75, 3.05) is 54.0 Å². The highest BCUT2D eigenvalue weighted by Gasteiger charge is 2.21. The largest absolute Gasteiger partial charge is 0.368 e. The molecule has 0 N–H and O–H groups in total. The average molecular weight is 310 g/mol. The molecule has 0 amide bonds. The SMILES string of the molecule is c1ccc(N2CCN(c3cnnc(N4CCCC4)n3)CC2)cc1. The third-order valence-electron chi connectivity index (χ3n) is 4.65. The molecule has 1 aromatic heterocycles. The van der Waals surface area contributed by atoms with Crippen LogP contribution in [0.3, 0.4) is 0 Å². The quantitative estimate of drug-likeness (QED) is 0.861. The molecule has 0 saturated carbocycles. The van der Waals surface area contributed by atoms with Crippen LogP contribution in [0, 0.1) is 0 Å². The first kappa shape index (κ1) is 14.2. The van der Waals surface area contributed by atoms with Gasteiger partial charge in [-0.3, -0.25) is 0 Å². The lowest BCUT2D eigenvalue weighted by Gasteiger charge is -2.36. The average Bonchev–Trinajstić information content (AvgIpc) is 3.18. The molecule has 6 heteroatoms. The van der Waals surface area contributed by atoms with E-state index in [1.807, 2.05) is 0 Å². The number of para-hydroxylation sites is 1. The number of hydrogen-bond acceptors (Lipinski definition) is 6. The molecule has 6 nitrogen and oxygen atoms in total. The van der Waals surface area contributed by atoms with Crippen LogP contribution in [-0.4, -0.2) is 54.4 Å². The molecule has 2 saturated heterocycles. The van der Waals surface area contributed by atoms with Crippen LogP contribution in [0.4, 0.5) is 17.5 Å². The monoisotopic (exact) mass is 310 g/mol. The molecular formula is C17H22N6. The Bertz CT molecular complexity index is 633. The third-order valence-corrected chi connectivity index (χ3v) is 4.65. The molecule has 23 heavy (non-hydrogen) atoms. The maximum absolute atomic E-state index is 4.74. The van der Waals surface area contributed by atoms with E-state index in [9.17, 15) is 0 Å². The van der Waals surface area contributed by atoms with Crippen LogP contribution in [0.2, 0.25) is 0 Å². The second-order valence-electron chi connectivity index (χ2n) is 6.12. The van der Waals surface area contributed by atoms with Gasteiger partial charge in [0, 0.05) is 45.0 Å². The predicted molar refractivity (Wildman–Crippen MR) is 92.1 cm³/mol. The molecule has 1 aromatic carbocycles. The second-order valence-corrected chi connectivity index (χ2v) is 6.12. The minimum Gasteiger partial charge on any atom is -0.368 e. The summed E-state index contributed by atoms with van der Waals surface area (Å²) in [6.45, 7) is 6.04. The van der Waals surface area contributed by atoms with E-state index in [1.54, 1.807) is 6.20 Å². The lowest BCUT2D eigenvalue weighted by Crippen LogP contribution is -2.47. The number of benzene rings is 1. The summed E-state index contributed by atoms with van der Waals surface area (Å²) < 4.78 is 0. The Labute approximate surface area is 136 Å². The number of rotatable bonds is 3. The van der Waals surface area contributed by atoms with Gasteiger partial charge < -0.3 is 14.7 Å². The van der Waals surface area contributed by atoms with Crippen LogP contribution < -0.4 is 14.7 Å². The summed E-state index contributed by atoms with van der Waals surface area (Å²) in [5.41, 5.74) is 1.30. The molecule has 0 aliphatic carbocycles. The summed E-state index contributed by atoms with van der Waals surface area (Å²) in [4.78, 5) is 11.7. The zero-order valence-electron chi connectivity index (χ0n) is 13.3. The molecular weight excluding hydrogens is 288 g/mol. The van der Waals surface area contributed by atoms with E-state index >= 15 is 0 Å². The maximum atomic E-state index is 4.74. The minimum atomic E-state index is 0.783. The van der Waals surface area contributed by atoms with Gasteiger partial charge in [0.05, 0.1) is 6.20 Å². The molecule has 0 atom stereocenters. The lowest BCUT2D eigenvalue weighted by molar-refractivity contribution is 0.643. The zero-order chi connectivity index (χ0) is 15.5. The van der Waals surface area contributed by atoms with Gasteiger partial charge in [0.15, 0.2) is 5.82 Å². The van der Waals surface area contributed by atoms with Crippen molar-refractivity contribution in [2.45, 2.75) is 12.8 Å². The van der Waals surface area contributed by atoms with Crippen LogP contribution in [0.1, 0.15) is 12.8 Å². The van der Waals surface area contributed by atoms with Crippen molar-refractivity contribution in [3.8, 4) is 0 Å². The molecule has 0 unspecified atom stereocenters. The van der Waals surface area contributed by atoms with E-state index in [-0.39, 0.29) is 0 Å². The first-order chi connectivity index (χ1) is 11.4. The highest BCUT2D eigenvalue weighted by molar-refractivity contribution is 5.49. The Hall–Kier alpha value is -2.37. The lowest BCUT2D eigenvalue weighted by atomic mass is 10.2. The van der Waals surface area contributed by atoms with Gasteiger partial charge in [0.2, 0.25) is 5.95 Å². The van der Waals surface area contributed by atoms with Crippen molar-refractivity contribution in [2.24, 2.45) is 0 Å². The molecule has 2 fully saturated rings. The van der Waals surface area contributed by atoms with Gasteiger partial charge in [-0.1, -0.05) is 18.2 Å². The molecule has 0 bridgehead atoms. The number of piperazine rings is 1. The smallest absolute Gasteiger partial charge is 0.247 e. The zero-order valence-corrected chi connectivity index (χ0v) is 13.3. The van der Waals surface area contributed by atoms with E-state index in [0.717, 1.165) is 51.0 Å². The van der Waals surface area contributed by atoms with Gasteiger partial charge in [-0.2, -0.15) is 10.1 Å². The van der Waals surface area contributed by atoms with Crippen molar-refractivity contribution >= 4 is 17.5 Å². The highest BCUT2D eigenvalue weighted by Crippen LogP contribution is 2.21. The van der Waals surface area contributed by atoms with Crippen LogP contribution in [0.5, 0.6) is 0 Å². The van der Waals surface area contributed by atoms with Crippen molar-refractivity contribution < 1.29 is 0 Å². The van der Waals surface area contributed by atoms with Crippen molar-refractivity contribution in [3.63, 3.8) is 0 Å². The number of hydrogen-bond donors (Lipinski definition) is 0. The maximum Gasteiger partial charge on any atom is 0.247 e. The van der Waals surface area contributed by atoms with E-state index in [2.05, 4.69) is 55.2 Å². The van der Waals surface area contributed by atoms with E-state index in [0.29, 0.717) is 0 Å². The fraction of sp³-hybridized carbons (Fsp3) is 0.471. The summed E-state index contributed by atoms with van der Waals surface area (Å²) in [6, 6.07) is 10.6. The van der Waals surface area contributed by atoms with Crippen molar-refractivity contribution in [1.82, 2.24) is 15.2 Å². The van der Waals surface area contributed by atoms with E-state index in [4.69, 9.17) is 4.98 Å². The van der Waals surface area contributed by atoms with Crippen LogP contribution in [0.25, 0.3) is 0 Å². The van der Waals surface area contributed by atoms with Gasteiger partial charge in [0.1, 0.15) is 0 Å². The molecule has 120 valence electrons. The summed E-state index contributed by atoms with van der Waals surface area (Å²) in [5, 5.41) is 8.38. The Morgan fingerprint density at radius 1 is 0.739 bits per heavy atom. The summed E-state index contributed by atoms with van der Waals surface area (Å²) >= 11 is 0. The molecule has 2 aliphatic heterocycles. The third kappa shape index (κ3) is 3.06. The summed E-state index contributed by atoms with van der Waals surface area (Å²) in [5.74, 6) is 1.74. The molecule has 2 aliphatic rings. The Morgan fingerprint density at radius 3 is 2.17 bits per heavy atom. The normalized spacial score (nSPS) is 18.5. The van der Waals surface area contributed by atoms with Gasteiger partial charge in [0.25, 0.3) is 0 Å². The fourth-order valence-corrected chi connectivity index (χ4v) is 3.32. The second kappa shape index (κ2) is 6.40. The molecule has 0 radical (unpaired) electrons. The standard InChI is InChI=1S/C17H22N6/c1-2-6-15(7-3-1)21-10-12-22(13-11-21)16-14-18-20-17(19-16)23-8-4-5-9-23/h1-3,6-7,14H,4-5,8-13H2. The van der Waals surface area contributed by atoms with Gasteiger partial charge in [-0.15, -0.1) is 5.10 Å². The van der Waals surface area contributed by atoms with Gasteiger partial charge >= 0.3 is 0 Å². The molecule has 3 heterocycles. The highest BCUT2D eigenvalue weighted by atomic mass is 15.4. The molecule has 0 spiro atoms.